The second-order valence-electron chi connectivity index (χ2n) is 3.56. The predicted molar refractivity (Wildman–Crippen MR) is 65.7 cm³/mol. The maximum absolute atomic E-state index is 11.4. The van der Waals surface area contributed by atoms with Crippen molar-refractivity contribution < 1.29 is 9.53 Å². The number of methoxy groups -OCH3 is 1. The Kier molecular flexibility index (Phi) is 3.26. The molecule has 0 spiro atoms. The minimum Gasteiger partial charge on any atom is -0.468 e. The number of nitrogens with zero attached hydrogens (tertiary/aromatic N) is 1. The standard InChI is InChI=1S/C12H11ClN2O2/c1-17-12(16)10(14)8-6-7-4-2-3-5-9(7)15-11(8)13/h2-6,10H,14H2,1H3/t10-/m1/s1. The van der Waals surface area contributed by atoms with Gasteiger partial charge in [-0.2, -0.15) is 0 Å². The van der Waals surface area contributed by atoms with Crippen molar-refractivity contribution in [3.05, 3.63) is 41.0 Å². The number of rotatable bonds is 2. The summed E-state index contributed by atoms with van der Waals surface area (Å²) in [5.41, 5.74) is 6.97. The van der Waals surface area contributed by atoms with Crippen LogP contribution >= 0.6 is 11.6 Å². The van der Waals surface area contributed by atoms with Gasteiger partial charge in [-0.25, -0.2) is 4.98 Å². The molecule has 4 nitrogen and oxygen atoms in total. The van der Waals surface area contributed by atoms with E-state index in [1.807, 2.05) is 24.3 Å². The van der Waals surface area contributed by atoms with Gasteiger partial charge in [0.15, 0.2) is 0 Å². The van der Waals surface area contributed by atoms with Crippen LogP contribution in [-0.4, -0.2) is 18.1 Å². The highest BCUT2D eigenvalue weighted by Gasteiger charge is 2.20. The quantitative estimate of drug-likeness (QED) is 0.655. The van der Waals surface area contributed by atoms with Crippen LogP contribution in [0.25, 0.3) is 10.9 Å². The molecule has 2 N–H and O–H groups in total. The summed E-state index contributed by atoms with van der Waals surface area (Å²) < 4.78 is 4.58. The third-order valence-electron chi connectivity index (χ3n) is 2.49. The van der Waals surface area contributed by atoms with E-state index in [1.54, 1.807) is 6.07 Å². The summed E-state index contributed by atoms with van der Waals surface area (Å²) in [4.78, 5) is 15.6. The lowest BCUT2D eigenvalue weighted by Crippen LogP contribution is -2.23. The van der Waals surface area contributed by atoms with E-state index in [2.05, 4.69) is 9.72 Å². The number of para-hydroxylation sites is 1. The monoisotopic (exact) mass is 250 g/mol. The van der Waals surface area contributed by atoms with Crippen LogP contribution < -0.4 is 5.73 Å². The Hall–Kier alpha value is -1.65. The van der Waals surface area contributed by atoms with E-state index >= 15 is 0 Å². The van der Waals surface area contributed by atoms with Crippen molar-refractivity contribution in [2.24, 2.45) is 5.73 Å². The number of nitrogens with two attached hydrogens (primary N) is 1. The number of esters is 1. The van der Waals surface area contributed by atoms with E-state index < -0.39 is 12.0 Å². The van der Waals surface area contributed by atoms with Gasteiger partial charge in [-0.1, -0.05) is 29.8 Å². The minimum atomic E-state index is -0.912. The third-order valence-corrected chi connectivity index (χ3v) is 2.80. The number of hydrogen-bond donors (Lipinski definition) is 1. The van der Waals surface area contributed by atoms with Gasteiger partial charge in [0.2, 0.25) is 0 Å². The lowest BCUT2D eigenvalue weighted by atomic mass is 10.1. The number of carbonyl (C=O) groups is 1. The van der Waals surface area contributed by atoms with Crippen LogP contribution in [0.15, 0.2) is 30.3 Å². The van der Waals surface area contributed by atoms with Crippen LogP contribution in [0.1, 0.15) is 11.6 Å². The summed E-state index contributed by atoms with van der Waals surface area (Å²) in [6, 6.07) is 8.31. The van der Waals surface area contributed by atoms with Crippen LogP contribution in [0.4, 0.5) is 0 Å². The van der Waals surface area contributed by atoms with Gasteiger partial charge in [0.25, 0.3) is 0 Å². The molecule has 0 amide bonds. The van der Waals surface area contributed by atoms with Crippen LogP contribution in [0.5, 0.6) is 0 Å². The van der Waals surface area contributed by atoms with Gasteiger partial charge in [0.05, 0.1) is 12.6 Å². The number of ether oxygens (including phenoxy) is 1. The van der Waals surface area contributed by atoms with E-state index in [1.165, 1.54) is 7.11 Å². The van der Waals surface area contributed by atoms with Crippen LogP contribution in [0.2, 0.25) is 5.15 Å². The van der Waals surface area contributed by atoms with Crippen molar-refractivity contribution in [3.8, 4) is 0 Å². The molecule has 0 unspecified atom stereocenters. The first-order valence-electron chi connectivity index (χ1n) is 5.02. The number of hydrogen-bond acceptors (Lipinski definition) is 4. The third kappa shape index (κ3) is 2.23. The molecule has 5 heteroatoms. The summed E-state index contributed by atoms with van der Waals surface area (Å²) >= 11 is 6.00. The smallest absolute Gasteiger partial charge is 0.327 e. The predicted octanol–water partition coefficient (Wildman–Crippen LogP) is 2.06. The number of pyridine rings is 1. The van der Waals surface area contributed by atoms with E-state index in [4.69, 9.17) is 17.3 Å². The summed E-state index contributed by atoms with van der Waals surface area (Å²) in [6.45, 7) is 0. The number of benzene rings is 1. The molecule has 1 aromatic heterocycles. The SMILES string of the molecule is COC(=O)[C@H](N)c1cc2ccccc2nc1Cl. The van der Waals surface area contributed by atoms with Crippen molar-refractivity contribution in [1.29, 1.82) is 0 Å². The fourth-order valence-electron chi connectivity index (χ4n) is 1.58. The topological polar surface area (TPSA) is 65.2 Å². The molecule has 0 radical (unpaired) electrons. The molecule has 0 aliphatic heterocycles. The number of fused-ring (bicyclic) bond motifs is 1. The molecule has 0 aliphatic rings. The highest BCUT2D eigenvalue weighted by Crippen LogP contribution is 2.25. The lowest BCUT2D eigenvalue weighted by Gasteiger charge is -2.11. The average Bonchev–Trinajstić information content (AvgIpc) is 2.36. The van der Waals surface area contributed by atoms with E-state index in [-0.39, 0.29) is 5.15 Å². The van der Waals surface area contributed by atoms with Crippen molar-refractivity contribution in [2.45, 2.75) is 6.04 Å². The molecule has 0 aliphatic carbocycles. The van der Waals surface area contributed by atoms with Crippen molar-refractivity contribution in [1.82, 2.24) is 4.98 Å². The summed E-state index contributed by atoms with van der Waals surface area (Å²) in [5.74, 6) is -0.538. The number of halogens is 1. The van der Waals surface area contributed by atoms with Crippen molar-refractivity contribution in [2.75, 3.05) is 7.11 Å². The molecule has 0 saturated heterocycles. The molecule has 0 fully saturated rings. The highest BCUT2D eigenvalue weighted by atomic mass is 35.5. The summed E-state index contributed by atoms with van der Waals surface area (Å²) in [7, 11) is 1.28. The Morgan fingerprint density at radius 1 is 1.47 bits per heavy atom. The molecule has 1 heterocycles. The van der Waals surface area contributed by atoms with Gasteiger partial charge in [-0.05, 0) is 12.1 Å². The fraction of sp³-hybridized carbons (Fsp3) is 0.167. The van der Waals surface area contributed by atoms with Gasteiger partial charge in [0.1, 0.15) is 11.2 Å². The van der Waals surface area contributed by atoms with Gasteiger partial charge in [0, 0.05) is 10.9 Å². The molecule has 0 saturated carbocycles. The maximum atomic E-state index is 11.4. The van der Waals surface area contributed by atoms with Crippen molar-refractivity contribution >= 4 is 28.5 Å². The Morgan fingerprint density at radius 3 is 2.88 bits per heavy atom. The molecule has 88 valence electrons. The summed E-state index contributed by atoms with van der Waals surface area (Å²) in [6.07, 6.45) is 0. The molecular weight excluding hydrogens is 240 g/mol. The second-order valence-corrected chi connectivity index (χ2v) is 3.92. The van der Waals surface area contributed by atoms with E-state index in [0.29, 0.717) is 5.56 Å². The molecule has 2 aromatic rings. The molecular formula is C12H11ClN2O2. The Bertz CT molecular complexity index is 571. The van der Waals surface area contributed by atoms with Crippen LogP contribution in [0, 0.1) is 0 Å². The largest absolute Gasteiger partial charge is 0.468 e. The van der Waals surface area contributed by atoms with Crippen LogP contribution in [0.3, 0.4) is 0 Å². The van der Waals surface area contributed by atoms with Crippen molar-refractivity contribution in [3.63, 3.8) is 0 Å². The maximum Gasteiger partial charge on any atom is 0.327 e. The van der Waals surface area contributed by atoms with E-state index in [9.17, 15) is 4.79 Å². The lowest BCUT2D eigenvalue weighted by molar-refractivity contribution is -0.142. The second kappa shape index (κ2) is 4.69. The number of carbonyl (C=O) groups excluding carboxylic acids is 1. The molecule has 17 heavy (non-hydrogen) atoms. The first-order chi connectivity index (χ1) is 8.13. The zero-order valence-corrected chi connectivity index (χ0v) is 9.94. The zero-order chi connectivity index (χ0) is 12.4. The first kappa shape index (κ1) is 11.8. The number of aromatic nitrogens is 1. The Labute approximate surface area is 103 Å². The fourth-order valence-corrected chi connectivity index (χ4v) is 1.84. The normalized spacial score (nSPS) is 12.4. The average molecular weight is 251 g/mol. The Morgan fingerprint density at radius 2 is 2.18 bits per heavy atom. The highest BCUT2D eigenvalue weighted by molar-refractivity contribution is 6.30. The molecule has 2 rings (SSSR count). The van der Waals surface area contributed by atoms with Crippen LogP contribution in [-0.2, 0) is 9.53 Å². The zero-order valence-electron chi connectivity index (χ0n) is 9.18. The minimum absolute atomic E-state index is 0.224. The van der Waals surface area contributed by atoms with Gasteiger partial charge < -0.3 is 10.5 Å². The first-order valence-corrected chi connectivity index (χ1v) is 5.40. The molecule has 1 aromatic carbocycles. The van der Waals surface area contributed by atoms with Gasteiger partial charge in [-0.3, -0.25) is 4.79 Å². The molecule has 1 atom stereocenters. The van der Waals surface area contributed by atoms with Gasteiger partial charge in [-0.15, -0.1) is 0 Å². The van der Waals surface area contributed by atoms with E-state index in [0.717, 1.165) is 10.9 Å². The molecule has 0 bridgehead atoms. The summed E-state index contributed by atoms with van der Waals surface area (Å²) in [5, 5.41) is 1.10. The van der Waals surface area contributed by atoms with Gasteiger partial charge >= 0.3 is 5.97 Å². The Balaban J connectivity index is 2.54.